The Morgan fingerprint density at radius 3 is 2.68 bits per heavy atom. The minimum absolute atomic E-state index is 0.388. The number of nitrogens with zero attached hydrogens (tertiary/aromatic N) is 5. The van der Waals surface area contributed by atoms with E-state index in [0.29, 0.717) is 55.3 Å². The summed E-state index contributed by atoms with van der Waals surface area (Å²) in [6.45, 7) is 1.50. The molecule has 3 heterocycles. The second-order valence-corrected chi connectivity index (χ2v) is 7.53. The number of hydrogen-bond donors (Lipinski definition) is 2. The zero-order valence-corrected chi connectivity index (χ0v) is 17.5. The summed E-state index contributed by atoms with van der Waals surface area (Å²) in [6, 6.07) is 5.48. The summed E-state index contributed by atoms with van der Waals surface area (Å²) >= 11 is 0. The topological polar surface area (TPSA) is 91.5 Å². The first-order valence-corrected chi connectivity index (χ1v) is 10.4. The lowest BCUT2D eigenvalue weighted by molar-refractivity contribution is -0.148. The first kappa shape index (κ1) is 23.0. The van der Waals surface area contributed by atoms with Crippen molar-refractivity contribution in [3.8, 4) is 11.6 Å². The monoisotopic (exact) mass is 439 g/mol. The SMILES string of the molecule is CN=C(NCCc1noc(-c2ccccn2)n1)NCCC1CCN(CC(F)(F)F)CC1. The highest BCUT2D eigenvalue weighted by Crippen LogP contribution is 2.24. The summed E-state index contributed by atoms with van der Waals surface area (Å²) in [5.74, 6) is 2.07. The first-order valence-electron chi connectivity index (χ1n) is 10.4. The Balaban J connectivity index is 1.31. The Labute approximate surface area is 179 Å². The van der Waals surface area contributed by atoms with Gasteiger partial charge in [0.2, 0.25) is 0 Å². The first-order chi connectivity index (χ1) is 14.9. The quantitative estimate of drug-likeness (QED) is 0.482. The maximum absolute atomic E-state index is 12.5. The van der Waals surface area contributed by atoms with Crippen molar-refractivity contribution < 1.29 is 17.7 Å². The molecule has 0 saturated carbocycles. The molecule has 0 aromatic carbocycles. The van der Waals surface area contributed by atoms with Crippen LogP contribution >= 0.6 is 0 Å². The largest absolute Gasteiger partial charge is 0.401 e. The molecule has 3 rings (SSSR count). The molecule has 0 aliphatic carbocycles. The third-order valence-corrected chi connectivity index (χ3v) is 5.17. The van der Waals surface area contributed by atoms with Crippen LogP contribution in [0, 0.1) is 5.92 Å². The van der Waals surface area contributed by atoms with Crippen molar-refractivity contribution in [2.75, 3.05) is 39.8 Å². The highest BCUT2D eigenvalue weighted by atomic mass is 19.4. The fourth-order valence-corrected chi connectivity index (χ4v) is 3.54. The number of aliphatic imine (C=N–C) groups is 1. The molecule has 11 heteroatoms. The van der Waals surface area contributed by atoms with E-state index in [-0.39, 0.29) is 0 Å². The van der Waals surface area contributed by atoms with Crippen LogP contribution in [0.15, 0.2) is 33.9 Å². The van der Waals surface area contributed by atoms with Gasteiger partial charge in [0.05, 0.1) is 6.54 Å². The average molecular weight is 439 g/mol. The van der Waals surface area contributed by atoms with Gasteiger partial charge in [-0.2, -0.15) is 18.2 Å². The molecule has 2 N–H and O–H groups in total. The lowest BCUT2D eigenvalue weighted by Crippen LogP contribution is -2.42. The highest BCUT2D eigenvalue weighted by Gasteiger charge is 2.32. The Morgan fingerprint density at radius 2 is 2.00 bits per heavy atom. The van der Waals surface area contributed by atoms with E-state index in [1.54, 1.807) is 13.2 Å². The van der Waals surface area contributed by atoms with Crippen LogP contribution in [0.4, 0.5) is 13.2 Å². The van der Waals surface area contributed by atoms with Gasteiger partial charge in [-0.05, 0) is 50.4 Å². The van der Waals surface area contributed by atoms with Gasteiger partial charge < -0.3 is 15.2 Å². The van der Waals surface area contributed by atoms with Crippen molar-refractivity contribution in [3.05, 3.63) is 30.2 Å². The van der Waals surface area contributed by atoms with E-state index in [0.717, 1.165) is 25.8 Å². The molecule has 0 atom stereocenters. The van der Waals surface area contributed by atoms with Crippen molar-refractivity contribution >= 4 is 5.96 Å². The van der Waals surface area contributed by atoms with Crippen LogP contribution in [-0.4, -0.2) is 71.9 Å². The number of alkyl halides is 3. The van der Waals surface area contributed by atoms with Gasteiger partial charge in [-0.3, -0.25) is 14.9 Å². The smallest absolute Gasteiger partial charge is 0.356 e. The minimum atomic E-state index is -4.12. The molecule has 0 unspecified atom stereocenters. The molecule has 8 nitrogen and oxygen atoms in total. The Kier molecular flexibility index (Phi) is 8.21. The standard InChI is InChI=1S/C20H28F3N7O/c1-24-19(26-10-5-15-7-12-30(13-8-15)14-20(21,22)23)27-11-6-17-28-18(31-29-17)16-4-2-3-9-25-16/h2-4,9,15H,5-8,10-14H2,1H3,(H2,24,26,27). The van der Waals surface area contributed by atoms with Crippen LogP contribution < -0.4 is 10.6 Å². The zero-order valence-electron chi connectivity index (χ0n) is 17.5. The van der Waals surface area contributed by atoms with Crippen molar-refractivity contribution in [2.45, 2.75) is 31.9 Å². The van der Waals surface area contributed by atoms with E-state index in [2.05, 4.69) is 30.8 Å². The third kappa shape index (κ3) is 7.82. The van der Waals surface area contributed by atoms with Gasteiger partial charge in [-0.1, -0.05) is 11.2 Å². The molecule has 2 aromatic rings. The fourth-order valence-electron chi connectivity index (χ4n) is 3.54. The van der Waals surface area contributed by atoms with Gasteiger partial charge in [0, 0.05) is 32.8 Å². The predicted octanol–water partition coefficient (Wildman–Crippen LogP) is 2.50. The summed E-state index contributed by atoms with van der Waals surface area (Å²) in [4.78, 5) is 14.2. The maximum atomic E-state index is 12.5. The number of guanidine groups is 1. The van der Waals surface area contributed by atoms with Gasteiger partial charge in [-0.25, -0.2) is 0 Å². The van der Waals surface area contributed by atoms with E-state index in [1.807, 2.05) is 18.2 Å². The van der Waals surface area contributed by atoms with E-state index in [9.17, 15) is 13.2 Å². The second kappa shape index (κ2) is 11.1. The van der Waals surface area contributed by atoms with Crippen molar-refractivity contribution in [1.29, 1.82) is 0 Å². The van der Waals surface area contributed by atoms with E-state index in [1.165, 1.54) is 4.90 Å². The Hall–Kier alpha value is -2.69. The molecule has 170 valence electrons. The number of likely N-dealkylation sites (tertiary alicyclic amines) is 1. The number of aromatic nitrogens is 3. The van der Waals surface area contributed by atoms with Gasteiger partial charge in [0.1, 0.15) is 5.69 Å². The number of halogens is 3. The molecule has 0 bridgehead atoms. The normalized spacial score (nSPS) is 16.5. The predicted molar refractivity (Wildman–Crippen MR) is 110 cm³/mol. The molecule has 0 amide bonds. The fraction of sp³-hybridized carbons (Fsp3) is 0.600. The van der Waals surface area contributed by atoms with E-state index >= 15 is 0 Å². The van der Waals surface area contributed by atoms with E-state index in [4.69, 9.17) is 4.52 Å². The van der Waals surface area contributed by atoms with Crippen LogP contribution in [0.1, 0.15) is 25.1 Å². The van der Waals surface area contributed by atoms with Gasteiger partial charge in [0.25, 0.3) is 5.89 Å². The lowest BCUT2D eigenvalue weighted by atomic mass is 9.93. The summed E-state index contributed by atoms with van der Waals surface area (Å²) in [5.41, 5.74) is 0.635. The summed E-state index contributed by atoms with van der Waals surface area (Å²) in [6.07, 6.45) is 0.602. The van der Waals surface area contributed by atoms with Crippen LogP contribution in [0.5, 0.6) is 0 Å². The number of hydrogen-bond acceptors (Lipinski definition) is 6. The van der Waals surface area contributed by atoms with Crippen LogP contribution in [0.2, 0.25) is 0 Å². The molecule has 1 aliphatic rings. The lowest BCUT2D eigenvalue weighted by Gasteiger charge is -2.32. The molecular weight excluding hydrogens is 411 g/mol. The number of pyridine rings is 1. The van der Waals surface area contributed by atoms with Crippen molar-refractivity contribution in [2.24, 2.45) is 10.9 Å². The summed E-state index contributed by atoms with van der Waals surface area (Å²) in [5, 5.41) is 10.4. The molecule has 2 aromatic heterocycles. The van der Waals surface area contributed by atoms with Crippen LogP contribution in [0.3, 0.4) is 0 Å². The molecule has 0 radical (unpaired) electrons. The maximum Gasteiger partial charge on any atom is 0.401 e. The molecule has 1 saturated heterocycles. The molecule has 31 heavy (non-hydrogen) atoms. The Bertz CT molecular complexity index is 818. The van der Waals surface area contributed by atoms with Gasteiger partial charge in [-0.15, -0.1) is 0 Å². The Morgan fingerprint density at radius 1 is 1.23 bits per heavy atom. The number of piperidine rings is 1. The minimum Gasteiger partial charge on any atom is -0.356 e. The average Bonchev–Trinajstić information content (AvgIpc) is 3.22. The molecule has 0 spiro atoms. The van der Waals surface area contributed by atoms with Crippen LogP contribution in [-0.2, 0) is 6.42 Å². The second-order valence-electron chi connectivity index (χ2n) is 7.53. The van der Waals surface area contributed by atoms with Crippen molar-refractivity contribution in [3.63, 3.8) is 0 Å². The molecule has 1 fully saturated rings. The van der Waals surface area contributed by atoms with Crippen molar-refractivity contribution in [1.82, 2.24) is 30.7 Å². The highest BCUT2D eigenvalue weighted by molar-refractivity contribution is 5.79. The van der Waals surface area contributed by atoms with E-state index < -0.39 is 12.7 Å². The number of nitrogens with one attached hydrogen (secondary N) is 2. The van der Waals surface area contributed by atoms with Crippen LogP contribution in [0.25, 0.3) is 11.6 Å². The third-order valence-electron chi connectivity index (χ3n) is 5.17. The summed E-state index contributed by atoms with van der Waals surface area (Å²) < 4.78 is 42.6. The zero-order chi connectivity index (χ0) is 22.1. The van der Waals surface area contributed by atoms with Gasteiger partial charge >= 0.3 is 6.18 Å². The number of rotatable bonds is 8. The molecular formula is C20H28F3N7O. The molecule has 1 aliphatic heterocycles. The van der Waals surface area contributed by atoms with Gasteiger partial charge in [0.15, 0.2) is 11.8 Å². The summed E-state index contributed by atoms with van der Waals surface area (Å²) in [7, 11) is 1.69.